The second-order valence-corrected chi connectivity index (χ2v) is 4.36. The van der Waals surface area contributed by atoms with Crippen molar-refractivity contribution < 1.29 is 14.3 Å². The topological polar surface area (TPSA) is 58.6 Å². The highest BCUT2D eigenvalue weighted by Crippen LogP contribution is 2.15. The fraction of sp³-hybridized carbons (Fsp3) is 0.833. The Bertz CT molecular complexity index is 268. The number of rotatable bonds is 3. The van der Waals surface area contributed by atoms with Crippen LogP contribution in [0.25, 0.3) is 0 Å². The third kappa shape index (κ3) is 4.63. The lowest BCUT2D eigenvalue weighted by molar-refractivity contribution is -0.141. The molecule has 0 bridgehead atoms. The maximum Gasteiger partial charge on any atom is 0.325 e. The standard InChI is InChI=1S/C12H22N2O3/c1-3-17-11(15)9-13-12(16)14-8-6-4-5-7-10(14)2/h10H,3-9H2,1-2H3,(H,13,16). The lowest BCUT2D eigenvalue weighted by Gasteiger charge is -2.27. The van der Waals surface area contributed by atoms with Crippen molar-refractivity contribution in [2.75, 3.05) is 19.7 Å². The highest BCUT2D eigenvalue weighted by atomic mass is 16.5. The molecule has 1 aliphatic heterocycles. The van der Waals surface area contributed by atoms with Crippen molar-refractivity contribution in [3.05, 3.63) is 0 Å². The summed E-state index contributed by atoms with van der Waals surface area (Å²) in [6.07, 6.45) is 4.42. The van der Waals surface area contributed by atoms with E-state index in [2.05, 4.69) is 12.2 Å². The molecule has 1 aliphatic rings. The van der Waals surface area contributed by atoms with Gasteiger partial charge in [-0.3, -0.25) is 4.79 Å². The van der Waals surface area contributed by atoms with Crippen LogP contribution in [-0.2, 0) is 9.53 Å². The Kier molecular flexibility index (Phi) is 5.80. The van der Waals surface area contributed by atoms with Crippen LogP contribution in [0.5, 0.6) is 0 Å². The third-order valence-electron chi connectivity index (χ3n) is 3.00. The molecule has 0 aromatic heterocycles. The van der Waals surface area contributed by atoms with Crippen LogP contribution >= 0.6 is 0 Å². The van der Waals surface area contributed by atoms with Crippen molar-refractivity contribution in [1.29, 1.82) is 0 Å². The average Bonchev–Trinajstić information content (AvgIpc) is 2.51. The second-order valence-electron chi connectivity index (χ2n) is 4.36. The van der Waals surface area contributed by atoms with Crippen LogP contribution in [0.15, 0.2) is 0 Å². The van der Waals surface area contributed by atoms with Crippen molar-refractivity contribution >= 4 is 12.0 Å². The predicted molar refractivity (Wildman–Crippen MR) is 64.7 cm³/mol. The smallest absolute Gasteiger partial charge is 0.325 e. The van der Waals surface area contributed by atoms with E-state index in [0.29, 0.717) is 6.61 Å². The van der Waals surface area contributed by atoms with Crippen LogP contribution in [-0.4, -0.2) is 42.6 Å². The van der Waals surface area contributed by atoms with Gasteiger partial charge in [0.2, 0.25) is 0 Å². The van der Waals surface area contributed by atoms with E-state index in [-0.39, 0.29) is 24.6 Å². The summed E-state index contributed by atoms with van der Waals surface area (Å²) >= 11 is 0. The van der Waals surface area contributed by atoms with Gasteiger partial charge in [-0.15, -0.1) is 0 Å². The zero-order chi connectivity index (χ0) is 12.7. The van der Waals surface area contributed by atoms with Crippen molar-refractivity contribution in [2.24, 2.45) is 0 Å². The summed E-state index contributed by atoms with van der Waals surface area (Å²) in [6, 6.07) is 0.0900. The average molecular weight is 242 g/mol. The van der Waals surface area contributed by atoms with Crippen LogP contribution in [0, 0.1) is 0 Å². The van der Waals surface area contributed by atoms with Crippen LogP contribution in [0.2, 0.25) is 0 Å². The zero-order valence-electron chi connectivity index (χ0n) is 10.7. The van der Waals surface area contributed by atoms with E-state index < -0.39 is 0 Å². The summed E-state index contributed by atoms with van der Waals surface area (Å²) in [5.74, 6) is -0.386. The number of carbonyl (C=O) groups is 2. The summed E-state index contributed by atoms with van der Waals surface area (Å²) in [5.41, 5.74) is 0. The molecule has 1 unspecified atom stereocenters. The number of likely N-dealkylation sites (tertiary alicyclic amines) is 1. The molecule has 1 saturated heterocycles. The first-order valence-corrected chi connectivity index (χ1v) is 6.35. The Labute approximate surface area is 102 Å². The Morgan fingerprint density at radius 1 is 1.35 bits per heavy atom. The quantitative estimate of drug-likeness (QED) is 0.763. The summed E-state index contributed by atoms with van der Waals surface area (Å²) in [6.45, 7) is 4.87. The molecule has 0 aliphatic carbocycles. The molecule has 1 rings (SSSR count). The highest BCUT2D eigenvalue weighted by Gasteiger charge is 2.22. The van der Waals surface area contributed by atoms with E-state index in [0.717, 1.165) is 19.4 Å². The minimum atomic E-state index is -0.386. The number of nitrogens with one attached hydrogen (secondary N) is 1. The lowest BCUT2D eigenvalue weighted by atomic mass is 10.1. The van der Waals surface area contributed by atoms with Gasteiger partial charge in [-0.2, -0.15) is 0 Å². The summed E-state index contributed by atoms with van der Waals surface area (Å²) in [4.78, 5) is 24.8. The number of hydrogen-bond acceptors (Lipinski definition) is 3. The molecule has 0 aromatic rings. The van der Waals surface area contributed by atoms with Gasteiger partial charge < -0.3 is 15.0 Å². The SMILES string of the molecule is CCOC(=O)CNC(=O)N1CCCCCC1C. The molecule has 0 saturated carbocycles. The summed E-state index contributed by atoms with van der Waals surface area (Å²) in [5, 5.41) is 2.61. The summed E-state index contributed by atoms with van der Waals surface area (Å²) < 4.78 is 4.76. The molecule has 1 N–H and O–H groups in total. The molecular weight excluding hydrogens is 220 g/mol. The first-order chi connectivity index (χ1) is 8.15. The maximum absolute atomic E-state index is 11.9. The first-order valence-electron chi connectivity index (χ1n) is 6.35. The Morgan fingerprint density at radius 3 is 2.82 bits per heavy atom. The normalized spacial score (nSPS) is 20.6. The highest BCUT2D eigenvalue weighted by molar-refractivity contribution is 5.81. The van der Waals surface area contributed by atoms with Gasteiger partial charge >= 0.3 is 12.0 Å². The van der Waals surface area contributed by atoms with Crippen LogP contribution in [0.4, 0.5) is 4.79 Å². The monoisotopic (exact) mass is 242 g/mol. The zero-order valence-corrected chi connectivity index (χ0v) is 10.7. The van der Waals surface area contributed by atoms with Gasteiger partial charge in [0.05, 0.1) is 6.61 Å². The van der Waals surface area contributed by atoms with Gasteiger partial charge in [0.25, 0.3) is 0 Å². The summed E-state index contributed by atoms with van der Waals surface area (Å²) in [7, 11) is 0. The molecule has 2 amide bonds. The van der Waals surface area contributed by atoms with Crippen molar-refractivity contribution in [1.82, 2.24) is 10.2 Å². The number of urea groups is 1. The molecule has 1 fully saturated rings. The molecule has 17 heavy (non-hydrogen) atoms. The van der Waals surface area contributed by atoms with Crippen LogP contribution in [0.1, 0.15) is 39.5 Å². The van der Waals surface area contributed by atoms with E-state index in [1.54, 1.807) is 6.92 Å². The minimum absolute atomic E-state index is 0.0457. The minimum Gasteiger partial charge on any atom is -0.465 e. The Balaban J connectivity index is 2.37. The van der Waals surface area contributed by atoms with Gasteiger partial charge in [0.15, 0.2) is 0 Å². The molecule has 5 nitrogen and oxygen atoms in total. The van der Waals surface area contributed by atoms with Crippen LogP contribution in [0.3, 0.4) is 0 Å². The number of amides is 2. The van der Waals surface area contributed by atoms with E-state index in [1.807, 2.05) is 4.90 Å². The molecule has 98 valence electrons. The van der Waals surface area contributed by atoms with Crippen molar-refractivity contribution in [2.45, 2.75) is 45.6 Å². The van der Waals surface area contributed by atoms with Crippen LogP contribution < -0.4 is 5.32 Å². The van der Waals surface area contributed by atoms with Gasteiger partial charge in [-0.05, 0) is 26.7 Å². The molecule has 0 radical (unpaired) electrons. The van der Waals surface area contributed by atoms with Gasteiger partial charge in [0, 0.05) is 12.6 Å². The lowest BCUT2D eigenvalue weighted by Crippen LogP contribution is -2.46. The number of ether oxygens (including phenoxy) is 1. The van der Waals surface area contributed by atoms with E-state index in [4.69, 9.17) is 4.74 Å². The van der Waals surface area contributed by atoms with Gasteiger partial charge in [-0.25, -0.2) is 4.79 Å². The van der Waals surface area contributed by atoms with E-state index in [9.17, 15) is 9.59 Å². The molecule has 1 heterocycles. The Hall–Kier alpha value is -1.26. The van der Waals surface area contributed by atoms with Gasteiger partial charge in [0.1, 0.15) is 6.54 Å². The number of carbonyl (C=O) groups excluding carboxylic acids is 2. The molecular formula is C12H22N2O3. The fourth-order valence-corrected chi connectivity index (χ4v) is 2.04. The molecule has 0 spiro atoms. The molecule has 1 atom stereocenters. The van der Waals surface area contributed by atoms with Crippen molar-refractivity contribution in [3.8, 4) is 0 Å². The molecule has 5 heteroatoms. The maximum atomic E-state index is 11.9. The number of esters is 1. The number of hydrogen-bond donors (Lipinski definition) is 1. The third-order valence-corrected chi connectivity index (χ3v) is 3.00. The number of nitrogens with zero attached hydrogens (tertiary/aromatic N) is 1. The van der Waals surface area contributed by atoms with E-state index in [1.165, 1.54) is 12.8 Å². The predicted octanol–water partition coefficient (Wildman–Crippen LogP) is 1.52. The molecule has 0 aromatic carbocycles. The first kappa shape index (κ1) is 13.8. The Morgan fingerprint density at radius 2 is 2.12 bits per heavy atom. The fourth-order valence-electron chi connectivity index (χ4n) is 2.04. The second kappa shape index (κ2) is 7.14. The van der Waals surface area contributed by atoms with E-state index >= 15 is 0 Å². The largest absolute Gasteiger partial charge is 0.465 e. The van der Waals surface area contributed by atoms with Crippen molar-refractivity contribution in [3.63, 3.8) is 0 Å². The van der Waals surface area contributed by atoms with Gasteiger partial charge in [-0.1, -0.05) is 12.8 Å².